The molecule has 1 amide bonds. The van der Waals surface area contributed by atoms with E-state index in [1.807, 2.05) is 0 Å². The number of aromatic nitrogens is 3. The molecule has 1 saturated heterocycles. The number of rotatable bonds is 5. The van der Waals surface area contributed by atoms with Crippen molar-refractivity contribution in [1.82, 2.24) is 19.9 Å². The van der Waals surface area contributed by atoms with E-state index in [0.29, 0.717) is 41.5 Å². The summed E-state index contributed by atoms with van der Waals surface area (Å²) in [7, 11) is 0. The first-order valence-electron chi connectivity index (χ1n) is 10.2. The van der Waals surface area contributed by atoms with Crippen molar-refractivity contribution in [3.8, 4) is 22.9 Å². The number of carboxylic acid groups (broad SMARTS) is 1. The van der Waals surface area contributed by atoms with Crippen molar-refractivity contribution in [1.29, 1.82) is 0 Å². The van der Waals surface area contributed by atoms with Crippen LogP contribution >= 0.6 is 0 Å². The molecule has 1 atom stereocenters. The molecule has 1 fully saturated rings. The molecule has 0 aliphatic carbocycles. The van der Waals surface area contributed by atoms with Gasteiger partial charge in [0.2, 0.25) is 11.8 Å². The summed E-state index contributed by atoms with van der Waals surface area (Å²) in [4.78, 5) is 25.7. The third-order valence-corrected chi connectivity index (χ3v) is 5.18. The molecule has 32 heavy (non-hydrogen) atoms. The number of nitrogens with two attached hydrogens (primary N) is 1. The Balaban J connectivity index is 1.58. The summed E-state index contributed by atoms with van der Waals surface area (Å²) in [6.07, 6.45) is 3.78. The van der Waals surface area contributed by atoms with Crippen LogP contribution in [0.5, 0.6) is 11.6 Å². The molecule has 0 bridgehead atoms. The van der Waals surface area contributed by atoms with Gasteiger partial charge in [0.15, 0.2) is 11.6 Å². The number of nitrogen functional groups attached to an aromatic ring is 1. The van der Waals surface area contributed by atoms with E-state index in [4.69, 9.17) is 10.5 Å². The zero-order valence-electron chi connectivity index (χ0n) is 17.5. The highest BCUT2D eigenvalue weighted by atomic mass is 19.1. The maximum Gasteiger partial charge on any atom is 0.407 e. The molecule has 4 N–H and O–H groups in total. The van der Waals surface area contributed by atoms with Gasteiger partial charge in [-0.2, -0.15) is 0 Å². The first kappa shape index (κ1) is 21.3. The number of amides is 1. The number of hydrogen-bond acceptors (Lipinski definition) is 7. The number of carbonyl (C=O) groups is 1. The molecule has 0 radical (unpaired) electrons. The Hall–Kier alpha value is -3.95. The molecule has 10 heteroatoms. The van der Waals surface area contributed by atoms with Crippen molar-refractivity contribution in [3.63, 3.8) is 0 Å². The van der Waals surface area contributed by atoms with E-state index < -0.39 is 11.9 Å². The van der Waals surface area contributed by atoms with E-state index in [2.05, 4.69) is 20.3 Å². The summed E-state index contributed by atoms with van der Waals surface area (Å²) in [5.41, 5.74) is 7.64. The average Bonchev–Trinajstić information content (AvgIpc) is 2.77. The van der Waals surface area contributed by atoms with Gasteiger partial charge in [0, 0.05) is 43.3 Å². The summed E-state index contributed by atoms with van der Waals surface area (Å²) < 4.78 is 20.2. The molecule has 1 aromatic carbocycles. The number of pyridine rings is 1. The van der Waals surface area contributed by atoms with E-state index in [0.717, 1.165) is 12.8 Å². The zero-order chi connectivity index (χ0) is 22.7. The smallest absolute Gasteiger partial charge is 0.407 e. The van der Waals surface area contributed by atoms with Crippen molar-refractivity contribution in [2.45, 2.75) is 25.8 Å². The van der Waals surface area contributed by atoms with E-state index in [1.165, 1.54) is 11.0 Å². The van der Waals surface area contributed by atoms with Gasteiger partial charge in [-0.15, -0.1) is 0 Å². The maximum atomic E-state index is 14.4. The highest BCUT2D eigenvalue weighted by Crippen LogP contribution is 2.34. The highest BCUT2D eigenvalue weighted by molar-refractivity contribution is 5.67. The van der Waals surface area contributed by atoms with E-state index in [-0.39, 0.29) is 17.7 Å². The first-order valence-corrected chi connectivity index (χ1v) is 10.2. The number of nitrogens with one attached hydrogen (secondary N) is 1. The molecule has 2 aromatic heterocycles. The fourth-order valence-electron chi connectivity index (χ4n) is 3.68. The summed E-state index contributed by atoms with van der Waals surface area (Å²) >= 11 is 0. The Labute approximate surface area is 184 Å². The number of likely N-dealkylation sites (tertiary alicyclic amines) is 1. The fourth-order valence-corrected chi connectivity index (χ4v) is 3.68. The molecular weight excluding hydrogens is 415 g/mol. The second-order valence-corrected chi connectivity index (χ2v) is 7.58. The van der Waals surface area contributed by atoms with Crippen LogP contribution in [0.4, 0.5) is 20.8 Å². The lowest BCUT2D eigenvalue weighted by atomic mass is 10.1. The molecule has 4 rings (SSSR count). The minimum Gasteiger partial charge on any atom is -0.465 e. The number of nitrogens with zero attached hydrogens (tertiary/aromatic N) is 4. The van der Waals surface area contributed by atoms with Crippen LogP contribution in [0.15, 0.2) is 42.7 Å². The molecule has 3 heterocycles. The lowest BCUT2D eigenvalue weighted by Crippen LogP contribution is -2.44. The van der Waals surface area contributed by atoms with Gasteiger partial charge < -0.3 is 25.8 Å². The van der Waals surface area contributed by atoms with Crippen LogP contribution in [-0.2, 0) is 0 Å². The average molecular weight is 438 g/mol. The normalized spacial score (nSPS) is 15.9. The zero-order valence-corrected chi connectivity index (χ0v) is 17.5. The van der Waals surface area contributed by atoms with Crippen LogP contribution < -0.4 is 15.8 Å². The maximum absolute atomic E-state index is 14.4. The topological polar surface area (TPSA) is 126 Å². The van der Waals surface area contributed by atoms with E-state index in [9.17, 15) is 14.3 Å². The van der Waals surface area contributed by atoms with Crippen molar-refractivity contribution in [3.05, 3.63) is 54.1 Å². The summed E-state index contributed by atoms with van der Waals surface area (Å²) in [6, 6.07) is 7.93. The number of benzene rings is 1. The summed E-state index contributed by atoms with van der Waals surface area (Å²) in [5.74, 6) is 0.0231. The van der Waals surface area contributed by atoms with Crippen LogP contribution in [0.3, 0.4) is 0 Å². The van der Waals surface area contributed by atoms with Crippen LogP contribution in [0.2, 0.25) is 0 Å². The number of hydrogen-bond donors (Lipinski definition) is 3. The second kappa shape index (κ2) is 9.04. The number of halogens is 1. The quantitative estimate of drug-likeness (QED) is 0.512. The molecule has 1 aliphatic heterocycles. The monoisotopic (exact) mass is 438 g/mol. The molecule has 0 saturated carbocycles. The van der Waals surface area contributed by atoms with Crippen LogP contribution in [0, 0.1) is 12.7 Å². The fraction of sp³-hybridized carbons (Fsp3) is 0.273. The standard InChI is InChI=1S/C22H23FN6O3/c1-13-10-14(24)11-17(23)19(13)32-20-16(5-2-7-25-20)18-6-8-26-21(28-18)27-15-4-3-9-29(12-15)22(30)31/h2,5-8,10-11,15H,3-4,9,12,24H2,1H3,(H,30,31)(H,26,27,28). The van der Waals surface area contributed by atoms with Gasteiger partial charge in [0.05, 0.1) is 11.3 Å². The van der Waals surface area contributed by atoms with Crippen molar-refractivity contribution < 1.29 is 19.0 Å². The van der Waals surface area contributed by atoms with Crippen LogP contribution in [0.1, 0.15) is 18.4 Å². The minimum atomic E-state index is -0.937. The molecule has 3 aromatic rings. The van der Waals surface area contributed by atoms with E-state index in [1.54, 1.807) is 43.6 Å². The molecule has 9 nitrogen and oxygen atoms in total. The largest absolute Gasteiger partial charge is 0.465 e. The molecule has 1 aliphatic rings. The van der Waals surface area contributed by atoms with Gasteiger partial charge in [-0.3, -0.25) is 0 Å². The van der Waals surface area contributed by atoms with Crippen LogP contribution in [-0.4, -0.2) is 50.2 Å². The Bertz CT molecular complexity index is 1120. The Morgan fingerprint density at radius 1 is 1.31 bits per heavy atom. The number of aryl methyl sites for hydroxylation is 1. The Morgan fingerprint density at radius 3 is 2.94 bits per heavy atom. The lowest BCUT2D eigenvalue weighted by Gasteiger charge is -2.31. The Morgan fingerprint density at radius 2 is 2.16 bits per heavy atom. The van der Waals surface area contributed by atoms with Crippen LogP contribution in [0.25, 0.3) is 11.3 Å². The first-order chi connectivity index (χ1) is 15.4. The van der Waals surface area contributed by atoms with Crippen molar-refractivity contribution >= 4 is 17.7 Å². The van der Waals surface area contributed by atoms with Gasteiger partial charge in [0.1, 0.15) is 0 Å². The van der Waals surface area contributed by atoms with E-state index >= 15 is 0 Å². The third kappa shape index (κ3) is 4.69. The van der Waals surface area contributed by atoms with Gasteiger partial charge >= 0.3 is 6.09 Å². The molecule has 166 valence electrons. The van der Waals surface area contributed by atoms with Gasteiger partial charge in [0.25, 0.3) is 0 Å². The molecular formula is C22H23FN6O3. The van der Waals surface area contributed by atoms with Gasteiger partial charge in [-0.25, -0.2) is 24.1 Å². The summed E-state index contributed by atoms with van der Waals surface area (Å²) in [5, 5.41) is 12.4. The lowest BCUT2D eigenvalue weighted by molar-refractivity contribution is 0.132. The molecule has 1 unspecified atom stereocenters. The van der Waals surface area contributed by atoms with Crippen molar-refractivity contribution in [2.75, 3.05) is 24.1 Å². The summed E-state index contributed by atoms with van der Waals surface area (Å²) in [6.45, 7) is 2.58. The third-order valence-electron chi connectivity index (χ3n) is 5.18. The Kier molecular flexibility index (Phi) is 6.02. The van der Waals surface area contributed by atoms with Gasteiger partial charge in [-0.05, 0) is 49.6 Å². The SMILES string of the molecule is Cc1cc(N)cc(F)c1Oc1ncccc1-c1ccnc(NC2CCCN(C(=O)O)C2)n1. The number of piperidine rings is 1. The van der Waals surface area contributed by atoms with Crippen molar-refractivity contribution in [2.24, 2.45) is 0 Å². The highest BCUT2D eigenvalue weighted by Gasteiger charge is 2.24. The second-order valence-electron chi connectivity index (χ2n) is 7.58. The predicted molar refractivity (Wildman–Crippen MR) is 117 cm³/mol. The number of ether oxygens (including phenoxy) is 1. The molecule has 0 spiro atoms. The minimum absolute atomic E-state index is 0.0440. The number of anilines is 2. The predicted octanol–water partition coefficient (Wildman–Crippen LogP) is 3.91. The van der Waals surface area contributed by atoms with Gasteiger partial charge in [-0.1, -0.05) is 0 Å².